The first-order valence-electron chi connectivity index (χ1n) is 11.6. The minimum absolute atomic E-state index is 0.165. The van der Waals surface area contributed by atoms with Gasteiger partial charge in [0.25, 0.3) is 0 Å². The fourth-order valence-electron chi connectivity index (χ4n) is 5.00. The number of nitrogens with zero attached hydrogens (tertiary/aromatic N) is 4. The first-order valence-corrected chi connectivity index (χ1v) is 11.6. The van der Waals surface area contributed by atoms with Crippen LogP contribution in [0.4, 0.5) is 5.95 Å². The van der Waals surface area contributed by atoms with Gasteiger partial charge >= 0.3 is 0 Å². The molecule has 0 bridgehead atoms. The zero-order chi connectivity index (χ0) is 22.2. The van der Waals surface area contributed by atoms with Crippen LogP contribution in [0.1, 0.15) is 23.2 Å². The Labute approximate surface area is 192 Å². The van der Waals surface area contributed by atoms with Crippen molar-refractivity contribution >= 4 is 33.4 Å². The van der Waals surface area contributed by atoms with Crippen LogP contribution in [0.5, 0.6) is 0 Å². The van der Waals surface area contributed by atoms with E-state index >= 15 is 0 Å². The van der Waals surface area contributed by atoms with Gasteiger partial charge in [0.2, 0.25) is 11.9 Å². The van der Waals surface area contributed by atoms with E-state index in [1.54, 1.807) is 0 Å². The normalized spacial score (nSPS) is 15.9. The smallest absolute Gasteiger partial charge is 0.225 e. The summed E-state index contributed by atoms with van der Waals surface area (Å²) in [5.74, 6) is 0.909. The third-order valence-corrected chi connectivity index (χ3v) is 6.76. The van der Waals surface area contributed by atoms with Gasteiger partial charge in [0.05, 0.1) is 25.5 Å². The van der Waals surface area contributed by atoms with Crippen LogP contribution in [-0.4, -0.2) is 47.1 Å². The number of anilines is 1. The first-order chi connectivity index (χ1) is 16.3. The molecule has 2 aliphatic heterocycles. The van der Waals surface area contributed by atoms with Gasteiger partial charge in [-0.2, -0.15) is 0 Å². The summed E-state index contributed by atoms with van der Waals surface area (Å²) in [4.78, 5) is 26.6. The predicted molar refractivity (Wildman–Crippen MR) is 129 cm³/mol. The van der Waals surface area contributed by atoms with E-state index in [1.165, 1.54) is 27.1 Å². The lowest BCUT2D eigenvalue weighted by Crippen LogP contribution is -2.37. The van der Waals surface area contributed by atoms with Crippen molar-refractivity contribution in [3.05, 3.63) is 77.6 Å². The van der Waals surface area contributed by atoms with Crippen molar-refractivity contribution in [3.8, 4) is 0 Å². The largest absolute Gasteiger partial charge is 0.378 e. The Bertz CT molecular complexity index is 1290. The van der Waals surface area contributed by atoms with Crippen molar-refractivity contribution in [1.82, 2.24) is 14.9 Å². The second-order valence-corrected chi connectivity index (χ2v) is 8.79. The van der Waals surface area contributed by atoms with Gasteiger partial charge in [0.1, 0.15) is 0 Å². The fourth-order valence-corrected chi connectivity index (χ4v) is 5.00. The third-order valence-electron chi connectivity index (χ3n) is 6.76. The summed E-state index contributed by atoms with van der Waals surface area (Å²) >= 11 is 0. The first kappa shape index (κ1) is 20.1. The van der Waals surface area contributed by atoms with Crippen LogP contribution in [-0.2, 0) is 29.0 Å². The second kappa shape index (κ2) is 8.45. The summed E-state index contributed by atoms with van der Waals surface area (Å²) in [5.41, 5.74) is 3.27. The van der Waals surface area contributed by atoms with Crippen LogP contribution in [0.15, 0.2) is 60.8 Å². The minimum atomic E-state index is 0.165. The maximum Gasteiger partial charge on any atom is 0.225 e. The number of hydrogen-bond acceptors (Lipinski definition) is 5. The highest BCUT2D eigenvalue weighted by molar-refractivity contribution is 6.02. The molecule has 3 aromatic carbocycles. The van der Waals surface area contributed by atoms with Gasteiger partial charge in [-0.25, -0.2) is 9.97 Å². The van der Waals surface area contributed by atoms with E-state index in [0.29, 0.717) is 32.7 Å². The maximum absolute atomic E-state index is 13.2. The van der Waals surface area contributed by atoms with Crippen molar-refractivity contribution in [1.29, 1.82) is 0 Å². The number of amides is 1. The van der Waals surface area contributed by atoms with E-state index in [2.05, 4.69) is 64.5 Å². The molecule has 166 valence electrons. The summed E-state index contributed by atoms with van der Waals surface area (Å²) in [6.07, 6.45) is 3.09. The zero-order valence-corrected chi connectivity index (χ0v) is 18.5. The molecule has 1 aromatic heterocycles. The van der Waals surface area contributed by atoms with Crippen LogP contribution >= 0.6 is 0 Å². The molecule has 2 aliphatic rings. The molecule has 4 aromatic rings. The number of hydrogen-bond donors (Lipinski definition) is 0. The van der Waals surface area contributed by atoms with Crippen LogP contribution in [0.2, 0.25) is 0 Å². The zero-order valence-electron chi connectivity index (χ0n) is 18.5. The third kappa shape index (κ3) is 3.80. The number of aromatic nitrogens is 2. The van der Waals surface area contributed by atoms with E-state index in [-0.39, 0.29) is 5.91 Å². The highest BCUT2D eigenvalue weighted by Gasteiger charge is 2.26. The Hall–Kier alpha value is -3.51. The molecule has 6 nitrogen and oxygen atoms in total. The van der Waals surface area contributed by atoms with Crippen molar-refractivity contribution in [2.24, 2.45) is 0 Å². The Morgan fingerprint density at radius 2 is 1.64 bits per heavy atom. The molecule has 0 atom stereocenters. The van der Waals surface area contributed by atoms with Gasteiger partial charge in [0, 0.05) is 37.8 Å². The topological polar surface area (TPSA) is 58.6 Å². The number of morpholine rings is 1. The molecule has 3 heterocycles. The summed E-state index contributed by atoms with van der Waals surface area (Å²) in [7, 11) is 0. The SMILES string of the molecule is O=C(CCc1c2ccccc2cc2ccccc12)N1Cc2cnc(N3CCOCC3)nc2C1. The Morgan fingerprint density at radius 3 is 2.36 bits per heavy atom. The molecular formula is C27H26N4O2. The van der Waals surface area contributed by atoms with Crippen LogP contribution in [0.3, 0.4) is 0 Å². The molecule has 1 saturated heterocycles. The quantitative estimate of drug-likeness (QED) is 0.449. The summed E-state index contributed by atoms with van der Waals surface area (Å²) in [5, 5.41) is 4.90. The Morgan fingerprint density at radius 1 is 0.939 bits per heavy atom. The van der Waals surface area contributed by atoms with E-state index in [0.717, 1.165) is 36.7 Å². The van der Waals surface area contributed by atoms with Gasteiger partial charge in [-0.05, 0) is 39.6 Å². The van der Waals surface area contributed by atoms with Crippen LogP contribution < -0.4 is 4.90 Å². The molecule has 0 N–H and O–H groups in total. The minimum Gasteiger partial charge on any atom is -0.378 e. The number of aryl methyl sites for hydroxylation is 1. The predicted octanol–water partition coefficient (Wildman–Crippen LogP) is 4.09. The Kier molecular flexibility index (Phi) is 5.15. The van der Waals surface area contributed by atoms with Crippen molar-refractivity contribution < 1.29 is 9.53 Å². The van der Waals surface area contributed by atoms with Gasteiger partial charge in [0.15, 0.2) is 0 Å². The monoisotopic (exact) mass is 438 g/mol. The standard InChI is InChI=1S/C27H26N4O2/c32-26(31-17-21-16-28-27(29-25(21)18-31)30-11-13-33-14-12-30)10-9-24-22-7-3-1-5-19(22)15-20-6-2-4-8-23(20)24/h1-8,15-16H,9-14,17-18H2. The van der Waals surface area contributed by atoms with Crippen LogP contribution in [0, 0.1) is 0 Å². The molecule has 1 fully saturated rings. The van der Waals surface area contributed by atoms with E-state index in [9.17, 15) is 4.79 Å². The molecule has 6 rings (SSSR count). The Balaban J connectivity index is 1.20. The van der Waals surface area contributed by atoms with Gasteiger partial charge < -0.3 is 14.5 Å². The van der Waals surface area contributed by atoms with Crippen molar-refractivity contribution in [2.75, 3.05) is 31.2 Å². The number of carbonyl (C=O) groups is 1. The van der Waals surface area contributed by atoms with Gasteiger partial charge in [-0.1, -0.05) is 48.5 Å². The number of carbonyl (C=O) groups excluding carboxylic acids is 1. The molecule has 0 radical (unpaired) electrons. The van der Waals surface area contributed by atoms with E-state index in [4.69, 9.17) is 9.72 Å². The number of fused-ring (bicyclic) bond motifs is 3. The van der Waals surface area contributed by atoms with Gasteiger partial charge in [-0.15, -0.1) is 0 Å². The summed E-state index contributed by atoms with van der Waals surface area (Å²) in [6.45, 7) is 4.17. The van der Waals surface area contributed by atoms with Crippen molar-refractivity contribution in [2.45, 2.75) is 25.9 Å². The number of rotatable bonds is 4. The van der Waals surface area contributed by atoms with Crippen molar-refractivity contribution in [3.63, 3.8) is 0 Å². The van der Waals surface area contributed by atoms with E-state index in [1.807, 2.05) is 11.1 Å². The summed E-state index contributed by atoms with van der Waals surface area (Å²) in [6, 6.07) is 19.1. The number of ether oxygens (including phenoxy) is 1. The maximum atomic E-state index is 13.2. The lowest BCUT2D eigenvalue weighted by Gasteiger charge is -2.26. The second-order valence-electron chi connectivity index (χ2n) is 8.79. The fraction of sp³-hybridized carbons (Fsp3) is 0.296. The van der Waals surface area contributed by atoms with Crippen LogP contribution in [0.25, 0.3) is 21.5 Å². The summed E-state index contributed by atoms with van der Waals surface area (Å²) < 4.78 is 5.43. The van der Waals surface area contributed by atoms with Gasteiger partial charge in [-0.3, -0.25) is 4.79 Å². The molecular weight excluding hydrogens is 412 g/mol. The molecule has 6 heteroatoms. The number of benzene rings is 3. The molecule has 0 spiro atoms. The lowest BCUT2D eigenvalue weighted by atomic mass is 9.94. The highest BCUT2D eigenvalue weighted by Crippen LogP contribution is 2.30. The highest BCUT2D eigenvalue weighted by atomic mass is 16.5. The average Bonchev–Trinajstić information content (AvgIpc) is 3.30. The lowest BCUT2D eigenvalue weighted by molar-refractivity contribution is -0.131. The average molecular weight is 439 g/mol. The molecule has 33 heavy (non-hydrogen) atoms. The molecule has 0 saturated carbocycles. The molecule has 0 aliphatic carbocycles. The molecule has 1 amide bonds. The van der Waals surface area contributed by atoms with E-state index < -0.39 is 0 Å². The molecule has 0 unspecified atom stereocenters.